The van der Waals surface area contributed by atoms with Crippen LogP contribution in [0.15, 0.2) is 73.8 Å². The van der Waals surface area contributed by atoms with Crippen LogP contribution >= 0.6 is 0 Å². The Hall–Kier alpha value is -3.67. The SMILES string of the molecule is C=CCc1c(N(C)c2ccc(OC)cc2)ncnc1-n1cnc2ccccc21. The molecule has 0 aliphatic heterocycles. The zero-order chi connectivity index (χ0) is 19.5. The lowest BCUT2D eigenvalue weighted by Crippen LogP contribution is -2.16. The largest absolute Gasteiger partial charge is 0.497 e. The molecule has 2 heterocycles. The van der Waals surface area contributed by atoms with Gasteiger partial charge in [-0.05, 0) is 42.8 Å². The van der Waals surface area contributed by atoms with Crippen LogP contribution in [0.5, 0.6) is 5.75 Å². The van der Waals surface area contributed by atoms with Gasteiger partial charge in [-0.2, -0.15) is 0 Å². The average molecular weight is 371 g/mol. The quantitative estimate of drug-likeness (QED) is 0.473. The molecule has 0 saturated heterocycles. The highest BCUT2D eigenvalue weighted by Gasteiger charge is 2.18. The van der Waals surface area contributed by atoms with Gasteiger partial charge < -0.3 is 9.64 Å². The standard InChI is InChI=1S/C22H21N5O/c1-4-7-18-21(26(2)16-10-12-17(28-3)13-11-16)23-14-24-22(18)27-15-25-19-8-5-6-9-20(19)27/h4-6,8-15H,1,7H2,2-3H3. The summed E-state index contributed by atoms with van der Waals surface area (Å²) in [4.78, 5) is 15.7. The Labute approximate surface area is 163 Å². The Balaban J connectivity index is 1.84. The molecule has 0 N–H and O–H groups in total. The van der Waals surface area contributed by atoms with E-state index in [9.17, 15) is 0 Å². The van der Waals surface area contributed by atoms with Crippen LogP contribution in [0.1, 0.15) is 5.56 Å². The summed E-state index contributed by atoms with van der Waals surface area (Å²) in [5, 5.41) is 0. The number of benzene rings is 2. The van der Waals surface area contributed by atoms with Crippen LogP contribution in [0.2, 0.25) is 0 Å². The first-order valence-electron chi connectivity index (χ1n) is 8.98. The molecule has 2 aromatic heterocycles. The maximum absolute atomic E-state index is 5.26. The molecule has 0 amide bonds. The Kier molecular flexibility index (Phi) is 4.76. The second-order valence-corrected chi connectivity index (χ2v) is 6.35. The van der Waals surface area contributed by atoms with E-state index in [1.54, 1.807) is 19.8 Å². The number of imidazole rings is 1. The van der Waals surface area contributed by atoms with Crippen molar-refractivity contribution in [2.75, 3.05) is 19.1 Å². The Bertz CT molecular complexity index is 1120. The molecule has 28 heavy (non-hydrogen) atoms. The van der Waals surface area contributed by atoms with Crippen molar-refractivity contribution < 1.29 is 4.74 Å². The molecule has 4 rings (SSSR count). The molecule has 0 fully saturated rings. The monoisotopic (exact) mass is 371 g/mol. The number of aromatic nitrogens is 4. The third kappa shape index (κ3) is 3.09. The number of para-hydroxylation sites is 2. The molecule has 0 radical (unpaired) electrons. The summed E-state index contributed by atoms with van der Waals surface area (Å²) in [5.74, 6) is 2.45. The number of nitrogens with zero attached hydrogens (tertiary/aromatic N) is 5. The first-order valence-corrected chi connectivity index (χ1v) is 8.98. The van der Waals surface area contributed by atoms with Gasteiger partial charge in [0.2, 0.25) is 0 Å². The smallest absolute Gasteiger partial charge is 0.147 e. The zero-order valence-electron chi connectivity index (χ0n) is 15.9. The number of hydrogen-bond donors (Lipinski definition) is 0. The third-order valence-corrected chi connectivity index (χ3v) is 4.71. The van der Waals surface area contributed by atoms with E-state index >= 15 is 0 Å². The van der Waals surface area contributed by atoms with Crippen LogP contribution in [0.3, 0.4) is 0 Å². The Morgan fingerprint density at radius 1 is 1.07 bits per heavy atom. The maximum atomic E-state index is 5.26. The molecular weight excluding hydrogens is 350 g/mol. The lowest BCUT2D eigenvalue weighted by Gasteiger charge is -2.22. The number of fused-ring (bicyclic) bond motifs is 1. The van der Waals surface area contributed by atoms with E-state index in [0.29, 0.717) is 6.42 Å². The van der Waals surface area contributed by atoms with Gasteiger partial charge in [-0.25, -0.2) is 15.0 Å². The topological polar surface area (TPSA) is 56.1 Å². The third-order valence-electron chi connectivity index (χ3n) is 4.71. The second-order valence-electron chi connectivity index (χ2n) is 6.35. The van der Waals surface area contributed by atoms with Crippen molar-refractivity contribution >= 4 is 22.5 Å². The fraction of sp³-hybridized carbons (Fsp3) is 0.136. The fourth-order valence-electron chi connectivity index (χ4n) is 3.27. The van der Waals surface area contributed by atoms with E-state index in [0.717, 1.165) is 39.7 Å². The summed E-state index contributed by atoms with van der Waals surface area (Å²) in [7, 11) is 3.65. The van der Waals surface area contributed by atoms with E-state index < -0.39 is 0 Å². The van der Waals surface area contributed by atoms with Crippen LogP contribution in [-0.2, 0) is 6.42 Å². The van der Waals surface area contributed by atoms with Gasteiger partial charge in [0.05, 0.1) is 18.1 Å². The molecule has 2 aromatic carbocycles. The summed E-state index contributed by atoms with van der Waals surface area (Å²) < 4.78 is 7.26. The summed E-state index contributed by atoms with van der Waals surface area (Å²) in [5.41, 5.74) is 3.92. The number of hydrogen-bond acceptors (Lipinski definition) is 5. The van der Waals surface area contributed by atoms with Crippen molar-refractivity contribution in [2.45, 2.75) is 6.42 Å². The number of methoxy groups -OCH3 is 1. The van der Waals surface area contributed by atoms with Crippen LogP contribution in [-0.4, -0.2) is 33.7 Å². The van der Waals surface area contributed by atoms with Crippen molar-refractivity contribution in [1.82, 2.24) is 19.5 Å². The van der Waals surface area contributed by atoms with Crippen LogP contribution in [0, 0.1) is 0 Å². The summed E-state index contributed by atoms with van der Waals surface area (Å²) >= 11 is 0. The molecule has 4 aromatic rings. The first-order chi connectivity index (χ1) is 13.7. The highest BCUT2D eigenvalue weighted by molar-refractivity contribution is 5.78. The van der Waals surface area contributed by atoms with E-state index in [4.69, 9.17) is 4.74 Å². The van der Waals surface area contributed by atoms with Gasteiger partial charge in [0.25, 0.3) is 0 Å². The van der Waals surface area contributed by atoms with E-state index in [-0.39, 0.29) is 0 Å². The molecule has 0 unspecified atom stereocenters. The van der Waals surface area contributed by atoms with Crippen molar-refractivity contribution in [3.05, 3.63) is 79.4 Å². The van der Waals surface area contributed by atoms with Crippen molar-refractivity contribution in [3.63, 3.8) is 0 Å². The minimum atomic E-state index is 0.637. The summed E-state index contributed by atoms with van der Waals surface area (Å²) in [6.45, 7) is 3.92. The molecule has 0 saturated carbocycles. The number of rotatable bonds is 6. The number of ether oxygens (including phenoxy) is 1. The lowest BCUT2D eigenvalue weighted by molar-refractivity contribution is 0.415. The first kappa shape index (κ1) is 17.7. The summed E-state index contributed by atoms with van der Waals surface area (Å²) in [6, 6.07) is 15.9. The molecule has 140 valence electrons. The molecule has 0 aliphatic carbocycles. The van der Waals surface area contributed by atoms with Crippen LogP contribution in [0.4, 0.5) is 11.5 Å². The Morgan fingerprint density at radius 3 is 2.61 bits per heavy atom. The normalized spacial score (nSPS) is 10.8. The molecule has 0 spiro atoms. The van der Waals surface area contributed by atoms with Crippen molar-refractivity contribution in [1.29, 1.82) is 0 Å². The summed E-state index contributed by atoms with van der Waals surface area (Å²) in [6.07, 6.45) is 5.90. The second kappa shape index (κ2) is 7.52. The molecule has 0 bridgehead atoms. The fourth-order valence-corrected chi connectivity index (χ4v) is 3.27. The van der Waals surface area contributed by atoms with E-state index in [1.165, 1.54) is 0 Å². The van der Waals surface area contributed by atoms with Crippen molar-refractivity contribution in [2.24, 2.45) is 0 Å². The van der Waals surface area contributed by atoms with Gasteiger partial charge in [0, 0.05) is 18.3 Å². The molecule has 0 atom stereocenters. The number of anilines is 2. The van der Waals surface area contributed by atoms with Gasteiger partial charge in [0.1, 0.15) is 30.0 Å². The minimum absolute atomic E-state index is 0.637. The van der Waals surface area contributed by atoms with Gasteiger partial charge in [-0.15, -0.1) is 6.58 Å². The van der Waals surface area contributed by atoms with Crippen molar-refractivity contribution in [3.8, 4) is 11.6 Å². The molecule has 0 aliphatic rings. The molecular formula is C22H21N5O. The van der Waals surface area contributed by atoms with E-state index in [1.807, 2.05) is 71.1 Å². The van der Waals surface area contributed by atoms with E-state index in [2.05, 4.69) is 21.5 Å². The van der Waals surface area contributed by atoms with Gasteiger partial charge in [-0.3, -0.25) is 4.57 Å². The molecule has 6 heteroatoms. The number of allylic oxidation sites excluding steroid dienone is 1. The predicted molar refractivity (Wildman–Crippen MR) is 112 cm³/mol. The zero-order valence-corrected chi connectivity index (χ0v) is 15.9. The average Bonchev–Trinajstić information content (AvgIpc) is 3.18. The van der Waals surface area contributed by atoms with Gasteiger partial charge >= 0.3 is 0 Å². The maximum Gasteiger partial charge on any atom is 0.147 e. The van der Waals surface area contributed by atoms with Crippen LogP contribution in [0.25, 0.3) is 16.9 Å². The lowest BCUT2D eigenvalue weighted by atomic mass is 10.1. The predicted octanol–water partition coefficient (Wildman–Crippen LogP) is 4.32. The Morgan fingerprint density at radius 2 is 1.86 bits per heavy atom. The van der Waals surface area contributed by atoms with Crippen LogP contribution < -0.4 is 9.64 Å². The highest BCUT2D eigenvalue weighted by atomic mass is 16.5. The highest BCUT2D eigenvalue weighted by Crippen LogP contribution is 2.30. The van der Waals surface area contributed by atoms with Gasteiger partial charge in [-0.1, -0.05) is 18.2 Å². The molecule has 6 nitrogen and oxygen atoms in total. The minimum Gasteiger partial charge on any atom is -0.497 e. The van der Waals surface area contributed by atoms with Gasteiger partial charge in [0.15, 0.2) is 0 Å².